The average molecular weight is 575 g/mol. The first kappa shape index (κ1) is 22.7. The van der Waals surface area contributed by atoms with E-state index in [1.54, 1.807) is 0 Å². The molecule has 0 saturated carbocycles. The monoisotopic (exact) mass is 573 g/mol. The topological polar surface area (TPSA) is 42.2 Å². The highest BCUT2D eigenvalue weighted by molar-refractivity contribution is 9.09. The third-order valence-corrected chi connectivity index (χ3v) is 6.56. The van der Waals surface area contributed by atoms with Crippen LogP contribution in [0.15, 0.2) is 78.9 Å². The van der Waals surface area contributed by atoms with Crippen LogP contribution >= 0.6 is 31.9 Å². The van der Waals surface area contributed by atoms with E-state index in [0.717, 1.165) is 66.7 Å². The lowest BCUT2D eigenvalue weighted by atomic mass is 9.80. The molecule has 0 atom stereocenters. The lowest BCUT2D eigenvalue weighted by molar-refractivity contribution is 0.345. The Hall–Kier alpha value is -3.07. The third-order valence-electron chi connectivity index (χ3n) is 5.91. The van der Waals surface area contributed by atoms with Gasteiger partial charge in [0.05, 0.1) is 24.8 Å². The maximum atomic E-state index is 9.66. The van der Waals surface area contributed by atoms with Gasteiger partial charge in [-0.05, 0) is 80.9 Å². The molecule has 4 aromatic carbocycles. The summed E-state index contributed by atoms with van der Waals surface area (Å²) in [5, 5.41) is 11.2. The van der Waals surface area contributed by atoms with E-state index in [2.05, 4.69) is 92.5 Å². The normalized spacial score (nSPS) is 11.1. The van der Waals surface area contributed by atoms with Crippen molar-refractivity contribution in [3.63, 3.8) is 0 Å². The highest BCUT2D eigenvalue weighted by Crippen LogP contribution is 2.49. The second-order valence-corrected chi connectivity index (χ2v) is 9.49. The Morgan fingerprint density at radius 1 is 0.559 bits per heavy atom. The Kier molecular flexibility index (Phi) is 6.71. The molecule has 3 nitrogen and oxygen atoms in total. The van der Waals surface area contributed by atoms with Gasteiger partial charge in [0.25, 0.3) is 0 Å². The number of benzene rings is 4. The van der Waals surface area contributed by atoms with Gasteiger partial charge in [-0.25, -0.2) is 0 Å². The predicted molar refractivity (Wildman–Crippen MR) is 145 cm³/mol. The van der Waals surface area contributed by atoms with E-state index in [1.165, 1.54) is 0 Å². The van der Waals surface area contributed by atoms with Crippen molar-refractivity contribution in [2.75, 3.05) is 23.9 Å². The van der Waals surface area contributed by atoms with Crippen LogP contribution in [-0.2, 0) is 0 Å². The second-order valence-electron chi connectivity index (χ2n) is 7.91. The molecular formula is C29H21Br2NO2. The van der Waals surface area contributed by atoms with Crippen molar-refractivity contribution in [1.82, 2.24) is 0 Å². The third kappa shape index (κ3) is 4.24. The van der Waals surface area contributed by atoms with Gasteiger partial charge in [-0.1, -0.05) is 74.3 Å². The average Bonchev–Trinajstić information content (AvgIpc) is 2.89. The number of ether oxygens (including phenoxy) is 2. The zero-order valence-corrected chi connectivity index (χ0v) is 21.5. The van der Waals surface area contributed by atoms with Crippen LogP contribution in [0.4, 0.5) is 0 Å². The Morgan fingerprint density at radius 3 is 1.53 bits per heavy atom. The molecule has 0 unspecified atom stereocenters. The molecule has 4 aromatic rings. The van der Waals surface area contributed by atoms with Crippen LogP contribution in [-0.4, -0.2) is 23.9 Å². The van der Waals surface area contributed by atoms with Gasteiger partial charge in [-0.2, -0.15) is 5.26 Å². The summed E-state index contributed by atoms with van der Waals surface area (Å²) in [6.45, 7) is 1.18. The number of alkyl halides is 2. The van der Waals surface area contributed by atoms with E-state index in [9.17, 15) is 5.26 Å². The zero-order chi connectivity index (χ0) is 23.5. The summed E-state index contributed by atoms with van der Waals surface area (Å²) in [6, 6.07) is 29.2. The molecular weight excluding hydrogens is 554 g/mol. The van der Waals surface area contributed by atoms with Crippen LogP contribution in [0.25, 0.3) is 44.5 Å². The molecule has 0 radical (unpaired) electrons. The molecule has 0 amide bonds. The fraction of sp³-hybridized carbons (Fsp3) is 0.138. The minimum Gasteiger partial charge on any atom is -0.493 e. The molecule has 168 valence electrons. The van der Waals surface area contributed by atoms with E-state index in [-0.39, 0.29) is 0 Å². The van der Waals surface area contributed by atoms with Gasteiger partial charge in [0.15, 0.2) is 0 Å². The number of halogens is 2. The standard InChI is InChI=1S/C29H21Br2NO2/c30-11-13-33-20-7-10-26-24-8-5-19(18-32)15-27(24)29-17-21(34-14-12-31)6-9-25(29)22-3-1-2-4-23(22)28(26)16-20/h1-10,15-17H,11-14H2. The largest absolute Gasteiger partial charge is 0.493 e. The Labute approximate surface area is 216 Å². The van der Waals surface area contributed by atoms with Crippen molar-refractivity contribution < 1.29 is 9.47 Å². The first-order valence-electron chi connectivity index (χ1n) is 11.0. The molecule has 0 fully saturated rings. The van der Waals surface area contributed by atoms with Gasteiger partial charge in [-0.3, -0.25) is 0 Å². The molecule has 0 heterocycles. The molecule has 0 saturated heterocycles. The molecule has 1 aliphatic carbocycles. The molecule has 0 aliphatic heterocycles. The van der Waals surface area contributed by atoms with Crippen molar-refractivity contribution in [2.45, 2.75) is 0 Å². The van der Waals surface area contributed by atoms with E-state index in [0.29, 0.717) is 18.8 Å². The van der Waals surface area contributed by atoms with Crippen molar-refractivity contribution in [2.24, 2.45) is 0 Å². The van der Waals surface area contributed by atoms with Gasteiger partial charge in [0.2, 0.25) is 0 Å². The van der Waals surface area contributed by atoms with Crippen molar-refractivity contribution >= 4 is 31.9 Å². The summed E-state index contributed by atoms with van der Waals surface area (Å²) < 4.78 is 11.9. The van der Waals surface area contributed by atoms with E-state index < -0.39 is 0 Å². The van der Waals surface area contributed by atoms with Crippen molar-refractivity contribution in [3.8, 4) is 62.1 Å². The number of nitriles is 1. The van der Waals surface area contributed by atoms with Crippen molar-refractivity contribution in [1.29, 1.82) is 5.26 Å². The predicted octanol–water partition coefficient (Wildman–Crippen LogP) is 8.09. The number of hydrogen-bond donors (Lipinski definition) is 0. The highest BCUT2D eigenvalue weighted by atomic mass is 79.9. The lowest BCUT2D eigenvalue weighted by Crippen LogP contribution is -2.02. The smallest absolute Gasteiger partial charge is 0.119 e. The quantitative estimate of drug-likeness (QED) is 0.192. The van der Waals surface area contributed by atoms with Crippen molar-refractivity contribution in [3.05, 3.63) is 84.4 Å². The molecule has 0 aromatic heterocycles. The zero-order valence-electron chi connectivity index (χ0n) is 18.4. The highest BCUT2D eigenvalue weighted by Gasteiger charge is 2.23. The number of fused-ring (bicyclic) bond motifs is 8. The maximum absolute atomic E-state index is 9.66. The van der Waals surface area contributed by atoms with Crippen LogP contribution < -0.4 is 9.47 Å². The number of rotatable bonds is 6. The van der Waals surface area contributed by atoms with E-state index in [4.69, 9.17) is 9.47 Å². The minimum absolute atomic E-state index is 0.584. The Morgan fingerprint density at radius 2 is 1.00 bits per heavy atom. The summed E-state index contributed by atoms with van der Waals surface area (Å²) in [5.74, 6) is 1.64. The van der Waals surface area contributed by atoms with Gasteiger partial charge >= 0.3 is 0 Å². The van der Waals surface area contributed by atoms with E-state index >= 15 is 0 Å². The SMILES string of the molecule is N#Cc1ccc2c(c1)-c1cc(OCCBr)ccc1-c1ccccc1-c1cc(OCCBr)ccc1-2. The Balaban J connectivity index is 1.83. The van der Waals surface area contributed by atoms with Crippen LogP contribution in [0.1, 0.15) is 5.56 Å². The minimum atomic E-state index is 0.584. The molecule has 0 N–H and O–H groups in total. The summed E-state index contributed by atoms with van der Waals surface area (Å²) in [5.41, 5.74) is 9.38. The van der Waals surface area contributed by atoms with Crippen LogP contribution in [0.5, 0.6) is 11.5 Å². The van der Waals surface area contributed by atoms with Crippen LogP contribution in [0.3, 0.4) is 0 Å². The van der Waals surface area contributed by atoms with Gasteiger partial charge in [-0.15, -0.1) is 0 Å². The lowest BCUT2D eigenvalue weighted by Gasteiger charge is -2.24. The second kappa shape index (κ2) is 10.0. The molecule has 0 spiro atoms. The molecule has 1 aliphatic rings. The van der Waals surface area contributed by atoms with Gasteiger partial charge < -0.3 is 9.47 Å². The number of hydrogen-bond acceptors (Lipinski definition) is 3. The molecule has 5 rings (SSSR count). The maximum Gasteiger partial charge on any atom is 0.119 e. The van der Waals surface area contributed by atoms with Gasteiger partial charge in [0.1, 0.15) is 11.5 Å². The summed E-state index contributed by atoms with van der Waals surface area (Å²) in [7, 11) is 0. The summed E-state index contributed by atoms with van der Waals surface area (Å²) >= 11 is 6.88. The van der Waals surface area contributed by atoms with Crippen LogP contribution in [0, 0.1) is 11.3 Å². The summed E-state index contributed by atoms with van der Waals surface area (Å²) in [4.78, 5) is 0. The molecule has 0 bridgehead atoms. The Bertz CT molecular complexity index is 1400. The van der Waals surface area contributed by atoms with Crippen LogP contribution in [0.2, 0.25) is 0 Å². The fourth-order valence-corrected chi connectivity index (χ4v) is 4.80. The molecule has 34 heavy (non-hydrogen) atoms. The summed E-state index contributed by atoms with van der Waals surface area (Å²) in [6.07, 6.45) is 0. The van der Waals surface area contributed by atoms with Gasteiger partial charge in [0, 0.05) is 10.7 Å². The first-order valence-corrected chi connectivity index (χ1v) is 13.3. The fourth-order valence-electron chi connectivity index (χ4n) is 4.48. The number of nitrogens with zero attached hydrogens (tertiary/aromatic N) is 1. The van der Waals surface area contributed by atoms with E-state index in [1.807, 2.05) is 24.3 Å². The first-order chi connectivity index (χ1) is 16.7. The molecule has 5 heteroatoms.